The van der Waals surface area contributed by atoms with Crippen molar-refractivity contribution >= 4 is 17.6 Å². The number of carbonyl (C=O) groups excluding carboxylic acids is 2. The van der Waals surface area contributed by atoms with E-state index in [-0.39, 0.29) is 23.7 Å². The van der Waals surface area contributed by atoms with Crippen LogP contribution in [-0.2, 0) is 10.3 Å². The van der Waals surface area contributed by atoms with Gasteiger partial charge in [-0.3, -0.25) is 4.79 Å². The molecule has 0 atom stereocenters. The van der Waals surface area contributed by atoms with Gasteiger partial charge in [-0.1, -0.05) is 43.2 Å². The summed E-state index contributed by atoms with van der Waals surface area (Å²) in [4.78, 5) is 27.3. The molecule has 1 aliphatic carbocycles. The van der Waals surface area contributed by atoms with Crippen LogP contribution in [-0.4, -0.2) is 29.9 Å². The highest BCUT2D eigenvalue weighted by Crippen LogP contribution is 2.39. The van der Waals surface area contributed by atoms with E-state index in [1.54, 1.807) is 17.0 Å². The van der Waals surface area contributed by atoms with E-state index < -0.39 is 5.54 Å². The van der Waals surface area contributed by atoms with Crippen molar-refractivity contribution in [3.8, 4) is 0 Å². The number of para-hydroxylation sites is 1. The minimum Gasteiger partial charge on any atom is -0.346 e. The molecule has 4 rings (SSSR count). The van der Waals surface area contributed by atoms with Crippen molar-refractivity contribution in [3.63, 3.8) is 0 Å². The Labute approximate surface area is 176 Å². The van der Waals surface area contributed by atoms with Crippen molar-refractivity contribution in [3.05, 3.63) is 66.0 Å². The van der Waals surface area contributed by atoms with E-state index >= 15 is 0 Å². The number of benzene rings is 2. The van der Waals surface area contributed by atoms with Gasteiger partial charge in [0.15, 0.2) is 0 Å². The third kappa shape index (κ3) is 4.48. The summed E-state index contributed by atoms with van der Waals surface area (Å²) in [5.74, 6) is -0.326. The van der Waals surface area contributed by atoms with Crippen molar-refractivity contribution in [2.45, 2.75) is 44.1 Å². The SMILES string of the molecule is O=C(NC1(c2ccc(F)cc2)CCCC1)C1CCN(C(=O)Nc2ccccc2)CC1. The second-order valence-electron chi connectivity index (χ2n) is 8.34. The van der Waals surface area contributed by atoms with Crippen LogP contribution in [0.1, 0.15) is 44.1 Å². The molecular formula is C24H28FN3O2. The van der Waals surface area contributed by atoms with Crippen LogP contribution >= 0.6 is 0 Å². The number of nitrogens with one attached hydrogen (secondary N) is 2. The zero-order valence-electron chi connectivity index (χ0n) is 17.1. The lowest BCUT2D eigenvalue weighted by atomic mass is 9.86. The van der Waals surface area contributed by atoms with Crippen LogP contribution in [0, 0.1) is 11.7 Å². The number of likely N-dealkylation sites (tertiary alicyclic amines) is 1. The topological polar surface area (TPSA) is 61.4 Å². The molecule has 0 radical (unpaired) electrons. The third-order valence-electron chi connectivity index (χ3n) is 6.39. The summed E-state index contributed by atoms with van der Waals surface area (Å²) in [5, 5.41) is 6.20. The van der Waals surface area contributed by atoms with E-state index in [2.05, 4.69) is 10.6 Å². The molecule has 0 unspecified atom stereocenters. The van der Waals surface area contributed by atoms with E-state index in [0.717, 1.165) is 36.9 Å². The molecule has 158 valence electrons. The predicted octanol–water partition coefficient (Wildman–Crippen LogP) is 4.66. The maximum absolute atomic E-state index is 13.4. The molecule has 1 aliphatic heterocycles. The quantitative estimate of drug-likeness (QED) is 0.772. The Morgan fingerprint density at radius 1 is 0.933 bits per heavy atom. The highest BCUT2D eigenvalue weighted by molar-refractivity contribution is 5.89. The van der Waals surface area contributed by atoms with Crippen LogP contribution in [0.25, 0.3) is 0 Å². The predicted molar refractivity (Wildman–Crippen MR) is 114 cm³/mol. The fourth-order valence-electron chi connectivity index (χ4n) is 4.64. The van der Waals surface area contributed by atoms with Gasteiger partial charge in [-0.15, -0.1) is 0 Å². The Hall–Kier alpha value is -2.89. The Kier molecular flexibility index (Phi) is 6.02. The van der Waals surface area contributed by atoms with Crippen LogP contribution in [0.3, 0.4) is 0 Å². The molecule has 2 fully saturated rings. The fourth-order valence-corrected chi connectivity index (χ4v) is 4.64. The van der Waals surface area contributed by atoms with Crippen LogP contribution < -0.4 is 10.6 Å². The first-order valence-corrected chi connectivity index (χ1v) is 10.7. The standard InChI is InChI=1S/C24H28FN3O2/c25-20-10-8-19(9-11-20)24(14-4-5-15-24)27-22(29)18-12-16-28(17-13-18)23(30)26-21-6-2-1-3-7-21/h1-3,6-11,18H,4-5,12-17H2,(H,26,30)(H,27,29). The van der Waals surface area contributed by atoms with E-state index in [4.69, 9.17) is 0 Å². The largest absolute Gasteiger partial charge is 0.346 e. The number of rotatable bonds is 4. The summed E-state index contributed by atoms with van der Waals surface area (Å²) in [6, 6.07) is 15.8. The molecule has 2 aromatic carbocycles. The average molecular weight is 410 g/mol. The van der Waals surface area contributed by atoms with Gasteiger partial charge in [-0.25, -0.2) is 9.18 Å². The van der Waals surface area contributed by atoms with Crippen LogP contribution in [0.2, 0.25) is 0 Å². The van der Waals surface area contributed by atoms with Gasteiger partial charge in [0.2, 0.25) is 5.91 Å². The van der Waals surface area contributed by atoms with Crippen molar-refractivity contribution < 1.29 is 14.0 Å². The second kappa shape index (κ2) is 8.86. The Morgan fingerprint density at radius 3 is 2.20 bits per heavy atom. The molecule has 6 heteroatoms. The lowest BCUT2D eigenvalue weighted by molar-refractivity contribution is -0.128. The van der Waals surface area contributed by atoms with Crippen molar-refractivity contribution in [2.24, 2.45) is 5.92 Å². The fraction of sp³-hybridized carbons (Fsp3) is 0.417. The van der Waals surface area contributed by atoms with Gasteiger partial charge in [0.05, 0.1) is 5.54 Å². The van der Waals surface area contributed by atoms with Crippen LogP contribution in [0.15, 0.2) is 54.6 Å². The minimum atomic E-state index is -0.396. The normalized spacial score (nSPS) is 18.8. The summed E-state index contributed by atoms with van der Waals surface area (Å²) in [7, 11) is 0. The summed E-state index contributed by atoms with van der Waals surface area (Å²) in [6.07, 6.45) is 5.15. The molecular weight excluding hydrogens is 381 g/mol. The molecule has 3 amide bonds. The number of hydrogen-bond donors (Lipinski definition) is 2. The first-order chi connectivity index (χ1) is 14.6. The third-order valence-corrected chi connectivity index (χ3v) is 6.39. The molecule has 2 aliphatic rings. The second-order valence-corrected chi connectivity index (χ2v) is 8.34. The molecule has 2 aromatic rings. The Balaban J connectivity index is 1.34. The number of nitrogens with zero attached hydrogens (tertiary/aromatic N) is 1. The van der Waals surface area contributed by atoms with E-state index in [0.29, 0.717) is 25.9 Å². The number of urea groups is 1. The van der Waals surface area contributed by atoms with E-state index in [9.17, 15) is 14.0 Å². The molecule has 1 heterocycles. The minimum absolute atomic E-state index is 0.0457. The number of halogens is 1. The lowest BCUT2D eigenvalue weighted by Crippen LogP contribution is -2.49. The number of amides is 3. The van der Waals surface area contributed by atoms with E-state index in [1.807, 2.05) is 30.3 Å². The van der Waals surface area contributed by atoms with Gasteiger partial charge < -0.3 is 15.5 Å². The number of piperidine rings is 1. The number of carbonyl (C=O) groups is 2. The van der Waals surface area contributed by atoms with Crippen molar-refractivity contribution in [1.29, 1.82) is 0 Å². The molecule has 5 nitrogen and oxygen atoms in total. The molecule has 0 bridgehead atoms. The zero-order valence-corrected chi connectivity index (χ0v) is 17.1. The first-order valence-electron chi connectivity index (χ1n) is 10.7. The van der Waals surface area contributed by atoms with Gasteiger partial charge in [0, 0.05) is 24.7 Å². The average Bonchev–Trinajstić information content (AvgIpc) is 3.24. The summed E-state index contributed by atoms with van der Waals surface area (Å²) < 4.78 is 13.4. The van der Waals surface area contributed by atoms with Gasteiger partial charge in [-0.2, -0.15) is 0 Å². The monoisotopic (exact) mass is 409 g/mol. The Morgan fingerprint density at radius 2 is 1.57 bits per heavy atom. The highest BCUT2D eigenvalue weighted by Gasteiger charge is 2.39. The molecule has 1 saturated carbocycles. The molecule has 0 aromatic heterocycles. The Bertz CT molecular complexity index is 871. The number of hydrogen-bond acceptors (Lipinski definition) is 2. The molecule has 30 heavy (non-hydrogen) atoms. The molecule has 2 N–H and O–H groups in total. The van der Waals surface area contributed by atoms with Gasteiger partial charge in [0.25, 0.3) is 0 Å². The summed E-state index contributed by atoms with van der Waals surface area (Å²) in [6.45, 7) is 1.11. The van der Waals surface area contributed by atoms with Crippen LogP contribution in [0.4, 0.5) is 14.9 Å². The van der Waals surface area contributed by atoms with Crippen molar-refractivity contribution in [1.82, 2.24) is 10.2 Å². The number of anilines is 1. The molecule has 0 spiro atoms. The summed E-state index contributed by atoms with van der Waals surface area (Å²) in [5.41, 5.74) is 1.35. The first kappa shape index (κ1) is 20.4. The van der Waals surface area contributed by atoms with Gasteiger partial charge >= 0.3 is 6.03 Å². The maximum Gasteiger partial charge on any atom is 0.321 e. The van der Waals surface area contributed by atoms with Gasteiger partial charge in [-0.05, 0) is 55.5 Å². The molecule has 1 saturated heterocycles. The lowest BCUT2D eigenvalue weighted by Gasteiger charge is -2.36. The van der Waals surface area contributed by atoms with Crippen molar-refractivity contribution in [2.75, 3.05) is 18.4 Å². The smallest absolute Gasteiger partial charge is 0.321 e. The van der Waals surface area contributed by atoms with Crippen LogP contribution in [0.5, 0.6) is 0 Å². The highest BCUT2D eigenvalue weighted by atomic mass is 19.1. The summed E-state index contributed by atoms with van der Waals surface area (Å²) >= 11 is 0. The van der Waals surface area contributed by atoms with E-state index in [1.165, 1.54) is 12.1 Å². The van der Waals surface area contributed by atoms with Gasteiger partial charge in [0.1, 0.15) is 5.82 Å². The zero-order chi connectivity index (χ0) is 21.0. The maximum atomic E-state index is 13.4.